The molecule has 2 aromatic heterocycles. The smallest absolute Gasteiger partial charge is 0.270 e. The molecular weight excluding hydrogens is 498 g/mol. The first-order valence-electron chi connectivity index (χ1n) is 11.9. The van der Waals surface area contributed by atoms with Crippen LogP contribution in [-0.4, -0.2) is 15.8 Å². The van der Waals surface area contributed by atoms with Gasteiger partial charge in [0.25, 0.3) is 11.6 Å². The molecule has 7 nitrogen and oxygen atoms in total. The minimum Gasteiger partial charge on any atom is -0.488 e. The summed E-state index contributed by atoms with van der Waals surface area (Å²) in [6.45, 7) is 0.732. The Hall–Kier alpha value is -4.82. The van der Waals surface area contributed by atoms with Crippen molar-refractivity contribution in [1.82, 2.24) is 10.3 Å². The van der Waals surface area contributed by atoms with Crippen molar-refractivity contribution in [3.05, 3.63) is 136 Å². The zero-order valence-corrected chi connectivity index (χ0v) is 21.1. The molecule has 0 aliphatic carbocycles. The van der Waals surface area contributed by atoms with Gasteiger partial charge in [-0.15, -0.1) is 11.3 Å². The standard InChI is InChI=1S/C30H23N3O4S/c34-30(32-19-22-7-4-15-31-18-22)24-10-8-23(9-11-24)29-26(14-16-38-29)27-17-25(33(35)36)12-13-28(27)37-20-21-5-2-1-3-6-21/h1-18H,19-20H2,(H,32,34). The Morgan fingerprint density at radius 1 is 0.921 bits per heavy atom. The molecule has 5 aromatic rings. The van der Waals surface area contributed by atoms with Gasteiger partial charge < -0.3 is 10.1 Å². The van der Waals surface area contributed by atoms with Crippen molar-refractivity contribution in [3.8, 4) is 27.3 Å². The number of hydrogen-bond donors (Lipinski definition) is 1. The summed E-state index contributed by atoms with van der Waals surface area (Å²) >= 11 is 1.52. The number of nitro benzene ring substituents is 1. The van der Waals surface area contributed by atoms with Gasteiger partial charge in [-0.25, -0.2) is 0 Å². The third-order valence-electron chi connectivity index (χ3n) is 5.95. The Balaban J connectivity index is 1.39. The number of non-ortho nitro benzene ring substituents is 1. The molecule has 0 aliphatic heterocycles. The topological polar surface area (TPSA) is 94.4 Å². The maximum Gasteiger partial charge on any atom is 0.270 e. The number of amides is 1. The molecule has 0 aliphatic rings. The molecule has 38 heavy (non-hydrogen) atoms. The zero-order valence-electron chi connectivity index (χ0n) is 20.2. The molecule has 0 unspecified atom stereocenters. The van der Waals surface area contributed by atoms with E-state index in [0.29, 0.717) is 30.0 Å². The average molecular weight is 522 g/mol. The molecule has 0 saturated carbocycles. The van der Waals surface area contributed by atoms with Crippen molar-refractivity contribution >= 4 is 22.9 Å². The number of rotatable bonds is 9. The Morgan fingerprint density at radius 2 is 1.71 bits per heavy atom. The number of benzene rings is 3. The van der Waals surface area contributed by atoms with Gasteiger partial charge in [0.2, 0.25) is 0 Å². The van der Waals surface area contributed by atoms with Gasteiger partial charge in [0.05, 0.1) is 4.92 Å². The van der Waals surface area contributed by atoms with E-state index < -0.39 is 4.92 Å². The van der Waals surface area contributed by atoms with Gasteiger partial charge in [0, 0.05) is 52.6 Å². The van der Waals surface area contributed by atoms with Crippen LogP contribution in [0.4, 0.5) is 5.69 Å². The van der Waals surface area contributed by atoms with Crippen LogP contribution in [0, 0.1) is 10.1 Å². The molecule has 5 rings (SSSR count). The average Bonchev–Trinajstić information content (AvgIpc) is 3.46. The van der Waals surface area contributed by atoms with Crippen molar-refractivity contribution in [2.75, 3.05) is 0 Å². The monoisotopic (exact) mass is 521 g/mol. The van der Waals surface area contributed by atoms with Crippen LogP contribution >= 0.6 is 11.3 Å². The lowest BCUT2D eigenvalue weighted by molar-refractivity contribution is -0.384. The molecule has 0 bridgehead atoms. The molecule has 0 radical (unpaired) electrons. The van der Waals surface area contributed by atoms with Gasteiger partial charge in [0.15, 0.2) is 0 Å². The molecule has 0 fully saturated rings. The first-order chi connectivity index (χ1) is 18.6. The Kier molecular flexibility index (Phi) is 7.52. The number of thiophene rings is 1. The van der Waals surface area contributed by atoms with E-state index in [4.69, 9.17) is 4.74 Å². The molecule has 188 valence electrons. The number of pyridine rings is 1. The highest BCUT2D eigenvalue weighted by molar-refractivity contribution is 7.14. The van der Waals surface area contributed by atoms with Crippen LogP contribution in [0.15, 0.2) is 109 Å². The number of aromatic nitrogens is 1. The highest BCUT2D eigenvalue weighted by Gasteiger charge is 2.18. The van der Waals surface area contributed by atoms with Crippen molar-refractivity contribution in [2.45, 2.75) is 13.2 Å². The predicted molar refractivity (Wildman–Crippen MR) is 148 cm³/mol. The van der Waals surface area contributed by atoms with Crippen LogP contribution in [0.1, 0.15) is 21.5 Å². The molecule has 0 saturated heterocycles. The van der Waals surface area contributed by atoms with Gasteiger partial charge in [-0.1, -0.05) is 48.5 Å². The zero-order chi connectivity index (χ0) is 26.3. The van der Waals surface area contributed by atoms with E-state index in [1.807, 2.05) is 66.0 Å². The summed E-state index contributed by atoms with van der Waals surface area (Å²) in [5, 5.41) is 16.4. The van der Waals surface area contributed by atoms with E-state index in [2.05, 4.69) is 10.3 Å². The summed E-state index contributed by atoms with van der Waals surface area (Å²) in [6.07, 6.45) is 3.41. The molecule has 8 heteroatoms. The van der Waals surface area contributed by atoms with E-state index >= 15 is 0 Å². The van der Waals surface area contributed by atoms with Crippen LogP contribution in [0.25, 0.3) is 21.6 Å². The number of nitro groups is 1. The third kappa shape index (κ3) is 5.77. The highest BCUT2D eigenvalue weighted by atomic mass is 32.1. The van der Waals surface area contributed by atoms with Crippen molar-refractivity contribution < 1.29 is 14.5 Å². The second-order valence-corrected chi connectivity index (χ2v) is 9.41. The van der Waals surface area contributed by atoms with Gasteiger partial charge in [0.1, 0.15) is 12.4 Å². The first-order valence-corrected chi connectivity index (χ1v) is 12.8. The second-order valence-electron chi connectivity index (χ2n) is 8.50. The quantitative estimate of drug-likeness (QED) is 0.168. The van der Waals surface area contributed by atoms with Crippen LogP contribution in [0.3, 0.4) is 0 Å². The highest BCUT2D eigenvalue weighted by Crippen LogP contribution is 2.42. The number of nitrogens with one attached hydrogen (secondary N) is 1. The summed E-state index contributed by atoms with van der Waals surface area (Å²) in [5.74, 6) is 0.382. The first kappa shape index (κ1) is 24.9. The lowest BCUT2D eigenvalue weighted by Gasteiger charge is -2.13. The number of hydrogen-bond acceptors (Lipinski definition) is 6. The van der Waals surface area contributed by atoms with Gasteiger partial charge >= 0.3 is 0 Å². The van der Waals surface area contributed by atoms with Gasteiger partial charge in [-0.3, -0.25) is 19.9 Å². The Bertz CT molecular complexity index is 1550. The summed E-state index contributed by atoms with van der Waals surface area (Å²) in [6, 6.07) is 27.4. The van der Waals surface area contributed by atoms with Gasteiger partial charge in [-0.2, -0.15) is 0 Å². The van der Waals surface area contributed by atoms with Crippen molar-refractivity contribution in [2.24, 2.45) is 0 Å². The maximum atomic E-state index is 12.6. The van der Waals surface area contributed by atoms with Gasteiger partial charge in [-0.05, 0) is 52.4 Å². The summed E-state index contributed by atoms with van der Waals surface area (Å²) in [7, 11) is 0. The molecule has 0 spiro atoms. The Morgan fingerprint density at radius 3 is 2.45 bits per heavy atom. The second kappa shape index (κ2) is 11.5. The predicted octanol–water partition coefficient (Wildman–Crippen LogP) is 6.89. The molecule has 1 amide bonds. The lowest BCUT2D eigenvalue weighted by Crippen LogP contribution is -2.22. The number of carbonyl (C=O) groups excluding carboxylic acids is 1. The van der Waals surface area contributed by atoms with Crippen LogP contribution in [0.2, 0.25) is 0 Å². The fourth-order valence-corrected chi connectivity index (χ4v) is 4.93. The van der Waals surface area contributed by atoms with E-state index in [1.165, 1.54) is 17.4 Å². The molecule has 1 N–H and O–H groups in total. The maximum absolute atomic E-state index is 12.6. The lowest BCUT2D eigenvalue weighted by atomic mass is 10.0. The molecular formula is C30H23N3O4S. The van der Waals surface area contributed by atoms with Crippen LogP contribution in [0.5, 0.6) is 5.75 Å². The van der Waals surface area contributed by atoms with E-state index in [1.54, 1.807) is 36.7 Å². The number of nitrogens with zero attached hydrogens (tertiary/aromatic N) is 2. The fraction of sp³-hybridized carbons (Fsp3) is 0.0667. The van der Waals surface area contributed by atoms with E-state index in [0.717, 1.165) is 27.1 Å². The third-order valence-corrected chi connectivity index (χ3v) is 6.92. The van der Waals surface area contributed by atoms with Crippen LogP contribution in [-0.2, 0) is 13.2 Å². The van der Waals surface area contributed by atoms with Crippen LogP contribution < -0.4 is 10.1 Å². The number of ether oxygens (including phenoxy) is 1. The molecule has 0 atom stereocenters. The number of carbonyl (C=O) groups is 1. The molecule has 3 aromatic carbocycles. The SMILES string of the molecule is O=C(NCc1cccnc1)c1ccc(-c2sccc2-c2cc([N+](=O)[O-])ccc2OCc2ccccc2)cc1. The minimum atomic E-state index is -0.407. The van der Waals surface area contributed by atoms with Crippen molar-refractivity contribution in [3.63, 3.8) is 0 Å². The fourth-order valence-electron chi connectivity index (χ4n) is 4.01. The Labute approximate surface area is 223 Å². The van der Waals surface area contributed by atoms with E-state index in [9.17, 15) is 14.9 Å². The minimum absolute atomic E-state index is 0.00940. The largest absolute Gasteiger partial charge is 0.488 e. The normalized spacial score (nSPS) is 10.6. The summed E-state index contributed by atoms with van der Waals surface area (Å²) in [4.78, 5) is 28.8. The van der Waals surface area contributed by atoms with Crippen molar-refractivity contribution in [1.29, 1.82) is 0 Å². The summed E-state index contributed by atoms with van der Waals surface area (Å²) < 4.78 is 6.11. The molecule has 2 heterocycles. The van der Waals surface area contributed by atoms with E-state index in [-0.39, 0.29) is 11.6 Å². The summed E-state index contributed by atoms with van der Waals surface area (Å²) in [5.41, 5.74) is 4.82.